The Hall–Kier alpha value is -0.256. The van der Waals surface area contributed by atoms with Gasteiger partial charge in [0.05, 0.1) is 10.6 Å². The van der Waals surface area contributed by atoms with Crippen LogP contribution in [0.5, 0.6) is 0 Å². The average Bonchev–Trinajstić information content (AvgIpc) is 2.04. The quantitative estimate of drug-likeness (QED) is 0.512. The summed E-state index contributed by atoms with van der Waals surface area (Å²) in [5.74, 6) is 0. The molecule has 0 amide bonds. The molecule has 1 aromatic carbocycles. The molecule has 1 rings (SSSR count). The summed E-state index contributed by atoms with van der Waals surface area (Å²) in [5, 5.41) is 0. The standard InChI is InChI=1S/C6H7N2O6S2.Y/c7-3-1-5(15(9,10)11)4(8)2-6(3)16(12,13)14;/h1-2,7H,8H2,(H,9,10,11)(H,12,13,14);/q-1;+3. The number of rotatable bonds is 2. The SMILES string of the molecule is [NH-]c1cc(S(=O)(=O)O)c(N)cc1S(=O)(=O)O.[Y+3]. The molecule has 0 aliphatic rings. The van der Waals surface area contributed by atoms with Crippen molar-refractivity contribution in [3.8, 4) is 0 Å². The third-order valence-electron chi connectivity index (χ3n) is 1.67. The predicted molar refractivity (Wildman–Crippen MR) is 54.5 cm³/mol. The van der Waals surface area contributed by atoms with E-state index in [0.717, 1.165) is 0 Å². The number of hydrogen-bond donors (Lipinski definition) is 3. The Bertz CT molecular complexity index is 581. The second kappa shape index (κ2) is 5.16. The minimum absolute atomic E-state index is 0. The third kappa shape index (κ3) is 3.86. The van der Waals surface area contributed by atoms with Gasteiger partial charge in [-0.3, -0.25) is 9.11 Å². The van der Waals surface area contributed by atoms with E-state index in [-0.39, 0.29) is 32.7 Å². The molecule has 11 heteroatoms. The Labute approximate surface area is 123 Å². The number of benzene rings is 1. The zero-order chi connectivity index (χ0) is 12.7. The van der Waals surface area contributed by atoms with Gasteiger partial charge in [-0.05, 0) is 6.07 Å². The smallest absolute Gasteiger partial charge is 0.698 e. The molecule has 0 fully saturated rings. The molecule has 0 saturated heterocycles. The number of hydrogen-bond acceptors (Lipinski definition) is 5. The first-order valence-electron chi connectivity index (χ1n) is 3.63. The molecule has 0 aliphatic heterocycles. The molecule has 0 aliphatic carbocycles. The van der Waals surface area contributed by atoms with E-state index in [4.69, 9.17) is 20.6 Å². The Morgan fingerprint density at radius 3 is 1.76 bits per heavy atom. The van der Waals surface area contributed by atoms with E-state index in [1.807, 2.05) is 0 Å². The summed E-state index contributed by atoms with van der Waals surface area (Å²) in [5.41, 5.74) is 11.0. The minimum Gasteiger partial charge on any atom is -0.698 e. The van der Waals surface area contributed by atoms with Crippen molar-refractivity contribution in [2.45, 2.75) is 9.79 Å². The fourth-order valence-electron chi connectivity index (χ4n) is 1.01. The van der Waals surface area contributed by atoms with Crippen LogP contribution in [0.25, 0.3) is 5.73 Å². The first-order chi connectivity index (χ1) is 7.03. The van der Waals surface area contributed by atoms with Crippen molar-refractivity contribution < 1.29 is 58.7 Å². The summed E-state index contributed by atoms with van der Waals surface area (Å²) in [7, 11) is -9.30. The molecular formula is C6H7N2O6S2Y+2. The van der Waals surface area contributed by atoms with Gasteiger partial charge in [-0.2, -0.15) is 16.8 Å². The second-order valence-corrected chi connectivity index (χ2v) is 5.62. The molecule has 0 radical (unpaired) electrons. The zero-order valence-corrected chi connectivity index (χ0v) is 12.6. The van der Waals surface area contributed by atoms with Crippen LogP contribution in [0.1, 0.15) is 0 Å². The molecule has 0 heterocycles. The average molecular weight is 356 g/mol. The van der Waals surface area contributed by atoms with E-state index in [0.29, 0.717) is 12.1 Å². The molecule has 17 heavy (non-hydrogen) atoms. The molecule has 0 spiro atoms. The fraction of sp³-hybridized carbons (Fsp3) is 0. The van der Waals surface area contributed by atoms with Gasteiger partial charge in [-0.25, -0.2) is 0 Å². The van der Waals surface area contributed by atoms with Gasteiger partial charge in [0, 0.05) is 0 Å². The minimum atomic E-state index is -4.66. The van der Waals surface area contributed by atoms with Gasteiger partial charge in [-0.15, -0.1) is 5.69 Å². The monoisotopic (exact) mass is 356 g/mol. The van der Waals surface area contributed by atoms with Crippen molar-refractivity contribution >= 4 is 31.6 Å². The Morgan fingerprint density at radius 2 is 1.41 bits per heavy atom. The Morgan fingerprint density at radius 1 is 1.00 bits per heavy atom. The van der Waals surface area contributed by atoms with Gasteiger partial charge in [0.25, 0.3) is 20.2 Å². The maximum Gasteiger partial charge on any atom is 3.00 e. The normalized spacial score (nSPS) is 11.9. The Balaban J connectivity index is 0.00000256. The third-order valence-corrected chi connectivity index (χ3v) is 3.47. The van der Waals surface area contributed by atoms with Crippen molar-refractivity contribution in [2.75, 3.05) is 5.73 Å². The topological polar surface area (TPSA) is 159 Å². The van der Waals surface area contributed by atoms with Gasteiger partial charge in [-0.1, -0.05) is 6.07 Å². The van der Waals surface area contributed by atoms with Crippen LogP contribution in [0, 0.1) is 0 Å². The van der Waals surface area contributed by atoms with E-state index < -0.39 is 41.4 Å². The van der Waals surface area contributed by atoms with E-state index >= 15 is 0 Å². The number of nitrogens with one attached hydrogen (secondary N) is 1. The van der Waals surface area contributed by atoms with Gasteiger partial charge < -0.3 is 11.5 Å². The summed E-state index contributed by atoms with van der Waals surface area (Å²) in [4.78, 5) is -1.62. The van der Waals surface area contributed by atoms with Crippen LogP contribution in [-0.4, -0.2) is 25.9 Å². The van der Waals surface area contributed by atoms with Crippen LogP contribution < -0.4 is 5.73 Å². The number of anilines is 1. The van der Waals surface area contributed by atoms with Crippen molar-refractivity contribution in [1.82, 2.24) is 0 Å². The van der Waals surface area contributed by atoms with Crippen molar-refractivity contribution in [1.29, 1.82) is 0 Å². The van der Waals surface area contributed by atoms with E-state index in [9.17, 15) is 16.8 Å². The molecule has 0 saturated carbocycles. The second-order valence-electron chi connectivity index (χ2n) is 2.84. The number of nitrogens with two attached hydrogens (primary N) is 1. The molecule has 8 nitrogen and oxygen atoms in total. The van der Waals surface area contributed by atoms with Crippen molar-refractivity contribution in [3.63, 3.8) is 0 Å². The van der Waals surface area contributed by atoms with Crippen LogP contribution in [0.3, 0.4) is 0 Å². The molecule has 90 valence electrons. The largest absolute Gasteiger partial charge is 3.00 e. The first-order valence-corrected chi connectivity index (χ1v) is 6.51. The molecule has 0 bridgehead atoms. The van der Waals surface area contributed by atoms with Gasteiger partial charge in [0.1, 0.15) is 4.90 Å². The molecule has 0 unspecified atom stereocenters. The summed E-state index contributed by atoms with van der Waals surface area (Å²) < 4.78 is 60.3. The van der Waals surface area contributed by atoms with Crippen LogP contribution in [-0.2, 0) is 52.9 Å². The van der Waals surface area contributed by atoms with E-state index in [1.54, 1.807) is 0 Å². The van der Waals surface area contributed by atoms with Crippen LogP contribution in [0.4, 0.5) is 11.4 Å². The summed E-state index contributed by atoms with van der Waals surface area (Å²) in [6.45, 7) is 0. The van der Waals surface area contributed by atoms with Gasteiger partial charge in [0.15, 0.2) is 0 Å². The van der Waals surface area contributed by atoms with Gasteiger partial charge >= 0.3 is 32.7 Å². The molecule has 0 aromatic heterocycles. The number of nitrogen functional groups attached to an aromatic ring is 1. The molecule has 1 aromatic rings. The van der Waals surface area contributed by atoms with Crippen LogP contribution in [0.15, 0.2) is 21.9 Å². The van der Waals surface area contributed by atoms with Crippen LogP contribution in [0.2, 0.25) is 0 Å². The fourth-order valence-corrected chi connectivity index (χ4v) is 2.25. The van der Waals surface area contributed by atoms with Crippen molar-refractivity contribution in [3.05, 3.63) is 17.9 Å². The van der Waals surface area contributed by atoms with E-state index in [2.05, 4.69) is 0 Å². The van der Waals surface area contributed by atoms with Crippen LogP contribution >= 0.6 is 0 Å². The Kier molecular flexibility index (Phi) is 5.09. The van der Waals surface area contributed by atoms with Crippen molar-refractivity contribution in [2.24, 2.45) is 0 Å². The predicted octanol–water partition coefficient (Wildman–Crippen LogP) is 0.443. The van der Waals surface area contributed by atoms with Gasteiger partial charge in [0.2, 0.25) is 0 Å². The molecular weight excluding hydrogens is 349 g/mol. The first kappa shape index (κ1) is 16.7. The van der Waals surface area contributed by atoms with E-state index in [1.165, 1.54) is 0 Å². The zero-order valence-electron chi connectivity index (χ0n) is 8.15. The maximum absolute atomic E-state index is 10.7. The summed E-state index contributed by atoms with van der Waals surface area (Å²) >= 11 is 0. The summed E-state index contributed by atoms with van der Waals surface area (Å²) in [6, 6.07) is 1.12. The summed E-state index contributed by atoms with van der Waals surface area (Å²) in [6.07, 6.45) is 0. The molecule has 0 atom stereocenters. The molecule has 5 N–H and O–H groups in total. The maximum atomic E-state index is 10.7.